The summed E-state index contributed by atoms with van der Waals surface area (Å²) in [5.41, 5.74) is 2.79. The third kappa shape index (κ3) is 33.2. The number of hydrogen-bond donors (Lipinski definition) is 2. The van der Waals surface area contributed by atoms with E-state index in [2.05, 4.69) is 28.8 Å². The highest BCUT2D eigenvalue weighted by Gasteiger charge is 2.68. The molecule has 102 heteroatoms. The monoisotopic (exact) mass is 1340 g/mol. The predicted molar refractivity (Wildman–Crippen MR) is 642 cm³/mol. The molecule has 0 unspecified atom stereocenters. The standard InChI is InChI=1S/C15H22N2O.B99/c1-2-4-14(3-1)17-7-8-18-15-6-5-12-10-16-11-13(12)9-15;1-51-76(50)89(77(52(2)3)53(4)5)95(88(74(46)47)75(48)49)98(94(86(70(38)39)71(40)41)87(72(42)43)73(44)45)99(96(90(78(54(6)7)55(8)9)79(56(10)11)57(12)13)91(80(58(14)15)59(16)17)81(60(18)19)61(20)21)97(92(82(62(22)23)63(24)25)83(64(26)27)65(28)29)93(84(66(30)31)67(32)33)85(68(34)35)69(36)37/h5-6,9,14,16-17H,1-4,7-8,10-11H2;. The molecule has 2 N–H and O–H groups in total. The maximum atomic E-state index is 7.48. The number of fused-ring (bicyclic) bond motifs is 1. The van der Waals surface area contributed by atoms with Crippen LogP contribution in [0.25, 0.3) is 0 Å². The van der Waals surface area contributed by atoms with Gasteiger partial charge in [-0.05, 0) is 36.1 Å². The Labute approximate surface area is 800 Å². The maximum absolute atomic E-state index is 7.48. The second-order valence-electron chi connectivity index (χ2n) is 33.2. The van der Waals surface area contributed by atoms with Gasteiger partial charge in [-0.2, -0.15) is 0 Å². The van der Waals surface area contributed by atoms with Gasteiger partial charge in [-0.25, -0.2) is 0 Å². The largest absolute Gasteiger partial charge is 0.492 e. The van der Waals surface area contributed by atoms with Crippen molar-refractivity contribution in [2.75, 3.05) is 13.2 Å². The summed E-state index contributed by atoms with van der Waals surface area (Å²) in [4.78, 5) is 0. The number of ether oxygens (including phenoxy) is 1. The van der Waals surface area contributed by atoms with E-state index >= 15 is 0 Å². The average molecular weight is 1320 g/mol. The third-order valence-corrected chi connectivity index (χ3v) is 25.1. The summed E-state index contributed by atoms with van der Waals surface area (Å²) < 4.78 is 5.80. The molecule has 3 nitrogen and oxygen atoms in total. The van der Waals surface area contributed by atoms with Gasteiger partial charge in [0.1, 0.15) is 12.4 Å². The number of hydrogen-bond acceptors (Lipinski definition) is 3. The van der Waals surface area contributed by atoms with E-state index in [1.165, 1.54) is 36.8 Å². The molecule has 0 spiro atoms. The molecule has 1 heterocycles. The van der Waals surface area contributed by atoms with Crippen LogP contribution in [0.4, 0.5) is 0 Å². The molecule has 1 fully saturated rings. The highest BCUT2D eigenvalue weighted by Crippen LogP contribution is 2.31. The van der Waals surface area contributed by atoms with E-state index in [1.807, 2.05) is 0 Å². The SMILES string of the molecule is [B][B]B([B])B(B(B([B])[B])B([B])[B])B(B(B([B])[B])B([B])[B])B(B(B(B([B])[B])B([B])[B])B(B([B])[B])B([B])[B])B(B(B(B(B([B])[B])B([B])[B])B(B([B])[B])B([B])[B])B(B(B([B])[B])B([B])[B])B(B([B])[B])B([B])[B])B(B(B(B([B])[B])B([B])[B])B(B([B])[B])B([B])[B])B(B(B([B])[B])B([B])[B])B(B([B])[B])B([B])[B].c1cc2c(cc1OCCNC1CCCC1)CNC2. The van der Waals surface area contributed by atoms with E-state index in [1.54, 1.807) is 0 Å². The van der Waals surface area contributed by atoms with E-state index in [4.69, 9.17) is 392 Å². The molecule has 1 aliphatic carbocycles. The summed E-state index contributed by atoms with van der Waals surface area (Å²) in [6.07, 6.45) is -84.7. The summed E-state index contributed by atoms with van der Waals surface area (Å²) in [5, 5.41) is 6.92. The minimum atomic E-state index is -2.29. The lowest BCUT2D eigenvalue weighted by molar-refractivity contribution is 0.305. The van der Waals surface area contributed by atoms with Crippen LogP contribution in [-0.2, 0) is 13.1 Å². The van der Waals surface area contributed by atoms with Crippen LogP contribution in [0.15, 0.2) is 18.2 Å². The number of rotatable bonds is 53. The molecule has 3 rings (SSSR count). The zero-order valence-electron chi connectivity index (χ0n) is 68.0. The molecule has 0 aromatic heterocycles. The molecule has 2 aliphatic rings. The average Bonchev–Trinajstić information content (AvgIpc) is 1.11. The fourth-order valence-corrected chi connectivity index (χ4v) is 20.8. The molecule has 101 radical (unpaired) electrons. The van der Waals surface area contributed by atoms with Crippen molar-refractivity contribution in [3.8, 4) is 5.75 Å². The van der Waals surface area contributed by atoms with E-state index in [0.29, 0.717) is 0 Å². The Morgan fingerprint density at radius 2 is 0.436 bits per heavy atom. The van der Waals surface area contributed by atoms with Crippen molar-refractivity contribution >= 4 is 700 Å². The molecule has 0 amide bonds. The predicted octanol–water partition coefficient (Wildman–Crippen LogP) is -35.5. The van der Waals surface area contributed by atoms with Gasteiger partial charge in [0.15, 0.2) is 0 Å². The summed E-state index contributed by atoms with van der Waals surface area (Å²) in [6.45, 7) is 3.70. The van der Waals surface area contributed by atoms with Crippen molar-refractivity contribution in [2.45, 2.75) is 44.8 Å². The fourth-order valence-electron chi connectivity index (χ4n) is 20.8. The van der Waals surface area contributed by atoms with E-state index in [0.717, 1.165) is 45.1 Å². The summed E-state index contributed by atoms with van der Waals surface area (Å²) in [7, 11) is 356. The molecule has 1 aliphatic heterocycles. The first-order valence-electron chi connectivity index (χ1n) is 39.8. The van der Waals surface area contributed by atoms with Crippen molar-refractivity contribution in [1.29, 1.82) is 0 Å². The Kier molecular flexibility index (Phi) is 57.2. The van der Waals surface area contributed by atoms with Gasteiger partial charge in [0, 0.05) is 726 Å². The zero-order valence-corrected chi connectivity index (χ0v) is 68.0. The first-order valence-corrected chi connectivity index (χ1v) is 39.8. The molecule has 0 bridgehead atoms. The summed E-state index contributed by atoms with van der Waals surface area (Å²) in [6, 6.07) is 7.17. The second-order valence-corrected chi connectivity index (χ2v) is 33.2. The van der Waals surface area contributed by atoms with Crippen LogP contribution in [0.1, 0.15) is 36.8 Å². The molecule has 117 heavy (non-hydrogen) atoms. The molecule has 395 valence electrons. The van der Waals surface area contributed by atoms with Gasteiger partial charge in [-0.1, -0.05) is 18.9 Å². The van der Waals surface area contributed by atoms with Gasteiger partial charge in [0.25, 0.3) is 0 Å². The molecule has 1 saturated carbocycles. The maximum Gasteiger partial charge on any atom is 0.119 e. The van der Waals surface area contributed by atoms with Crippen LogP contribution in [0.2, 0.25) is 0 Å². The van der Waals surface area contributed by atoms with Gasteiger partial charge in [0.2, 0.25) is 0 Å². The zero-order chi connectivity index (χ0) is 90.6. The van der Waals surface area contributed by atoms with Crippen LogP contribution in [-0.4, -0.2) is 720 Å². The topological polar surface area (TPSA) is 33.3 Å². The fraction of sp³-hybridized carbons (Fsp3) is 0.600. The van der Waals surface area contributed by atoms with Crippen molar-refractivity contribution < 1.29 is 4.74 Å². The van der Waals surface area contributed by atoms with Gasteiger partial charge in [-0.3, -0.25) is 0 Å². The highest BCUT2D eigenvalue weighted by atomic mass is 16.5. The van der Waals surface area contributed by atoms with Crippen LogP contribution in [0.3, 0.4) is 0 Å². The van der Waals surface area contributed by atoms with Crippen LogP contribution < -0.4 is 15.4 Å². The molecule has 0 saturated heterocycles. The summed E-state index contributed by atoms with van der Waals surface area (Å²) in [5.74, 6) is 1.01. The van der Waals surface area contributed by atoms with Crippen molar-refractivity contribution in [3.05, 3.63) is 29.3 Å². The Bertz CT molecular complexity index is 2400. The molecule has 0 atom stereocenters. The van der Waals surface area contributed by atoms with Gasteiger partial charge < -0.3 is 15.4 Å². The van der Waals surface area contributed by atoms with Gasteiger partial charge in [-0.15, -0.1) is 0 Å². The third-order valence-electron chi connectivity index (χ3n) is 25.1. The minimum absolute atomic E-state index is 0.734. The number of benzene rings is 1. The smallest absolute Gasteiger partial charge is 0.119 e. The van der Waals surface area contributed by atoms with Crippen LogP contribution >= 0.6 is 0 Å². The normalized spacial score (nSPS) is 11.2. The Morgan fingerprint density at radius 3 is 0.632 bits per heavy atom. The Balaban J connectivity index is 0.00000222. The van der Waals surface area contributed by atoms with Gasteiger partial charge in [0.05, 0.1) is 0 Å². The van der Waals surface area contributed by atoms with E-state index in [-0.39, 0.29) is 0 Å². The Morgan fingerprint density at radius 1 is 0.256 bits per heavy atom. The number of nitrogens with one attached hydrogen (secondary N) is 2. The molecular weight excluding hydrogens is 1290 g/mol. The lowest BCUT2D eigenvalue weighted by Crippen LogP contribution is -3.01. The van der Waals surface area contributed by atoms with Gasteiger partial charge >= 0.3 is 0 Å². The minimum Gasteiger partial charge on any atom is -0.492 e. The molecular formula is C15H22B99N2O. The first-order chi connectivity index (χ1) is 54.0. The Hall–Kier alpha value is 5.37. The van der Waals surface area contributed by atoms with Crippen LogP contribution in [0.5, 0.6) is 5.75 Å². The first kappa shape index (κ1) is 118. The molecule has 1 aromatic carbocycles. The van der Waals surface area contributed by atoms with Crippen molar-refractivity contribution in [2.24, 2.45) is 0 Å². The van der Waals surface area contributed by atoms with E-state index in [9.17, 15) is 0 Å². The quantitative estimate of drug-likeness (QED) is 0.0504. The summed E-state index contributed by atoms with van der Waals surface area (Å²) >= 11 is 0. The molecule has 1 aromatic rings. The lowest BCUT2D eigenvalue weighted by atomic mass is 8.18. The van der Waals surface area contributed by atoms with Crippen LogP contribution in [0, 0.1) is 0 Å². The van der Waals surface area contributed by atoms with Crippen molar-refractivity contribution in [1.82, 2.24) is 10.6 Å². The lowest BCUT2D eigenvalue weighted by Gasteiger charge is -2.63. The van der Waals surface area contributed by atoms with Crippen molar-refractivity contribution in [3.63, 3.8) is 0 Å². The second kappa shape index (κ2) is 56.5. The van der Waals surface area contributed by atoms with E-state index < -0.39 is 306 Å². The highest BCUT2D eigenvalue weighted by molar-refractivity contribution is 8.44.